The first-order chi connectivity index (χ1) is 13.7. The molecule has 0 aliphatic carbocycles. The molecule has 2 heterocycles. The van der Waals surface area contributed by atoms with E-state index >= 15 is 0 Å². The molecule has 6 heteroatoms. The van der Waals surface area contributed by atoms with Crippen molar-refractivity contribution in [3.05, 3.63) is 54.1 Å². The van der Waals surface area contributed by atoms with E-state index in [9.17, 15) is 9.59 Å². The number of carbonyl (C=O) groups excluding carboxylic acids is 2. The summed E-state index contributed by atoms with van der Waals surface area (Å²) in [6.07, 6.45) is 2.57. The molecular formula is C22H25N3O3. The van der Waals surface area contributed by atoms with Gasteiger partial charge in [-0.05, 0) is 49.2 Å². The molecule has 2 aliphatic heterocycles. The Balaban J connectivity index is 1.47. The molecule has 28 heavy (non-hydrogen) atoms. The predicted octanol–water partition coefficient (Wildman–Crippen LogP) is 3.29. The molecule has 2 aromatic rings. The summed E-state index contributed by atoms with van der Waals surface area (Å²) in [7, 11) is 0. The van der Waals surface area contributed by atoms with Gasteiger partial charge in [0.1, 0.15) is 0 Å². The molecule has 2 aromatic carbocycles. The quantitative estimate of drug-likeness (QED) is 0.886. The maximum absolute atomic E-state index is 12.8. The number of nitrogens with one attached hydrogen (secondary N) is 1. The zero-order chi connectivity index (χ0) is 19.3. The third kappa shape index (κ3) is 4.02. The molecule has 146 valence electrons. The zero-order valence-corrected chi connectivity index (χ0v) is 15.9. The highest BCUT2D eigenvalue weighted by Crippen LogP contribution is 2.27. The minimum Gasteiger partial charge on any atom is -0.378 e. The number of ether oxygens (including phenoxy) is 1. The maximum atomic E-state index is 12.8. The first-order valence-corrected chi connectivity index (χ1v) is 9.86. The molecule has 6 nitrogen and oxygen atoms in total. The van der Waals surface area contributed by atoms with Crippen molar-refractivity contribution in [3.63, 3.8) is 0 Å². The number of amides is 2. The second-order valence-electron chi connectivity index (χ2n) is 7.12. The molecule has 0 aromatic heterocycles. The molecular weight excluding hydrogens is 354 g/mol. The van der Waals surface area contributed by atoms with E-state index in [0.29, 0.717) is 25.2 Å². The number of para-hydroxylation sites is 2. The number of piperidine rings is 1. The molecule has 4 rings (SSSR count). The summed E-state index contributed by atoms with van der Waals surface area (Å²) >= 11 is 0. The van der Waals surface area contributed by atoms with E-state index in [2.05, 4.69) is 10.2 Å². The van der Waals surface area contributed by atoms with Crippen LogP contribution in [0.5, 0.6) is 0 Å². The molecule has 0 radical (unpaired) electrons. The van der Waals surface area contributed by atoms with E-state index in [-0.39, 0.29) is 11.8 Å². The number of benzene rings is 2. The number of rotatable bonds is 4. The van der Waals surface area contributed by atoms with Crippen molar-refractivity contribution in [2.45, 2.75) is 19.3 Å². The monoisotopic (exact) mass is 379 g/mol. The fourth-order valence-corrected chi connectivity index (χ4v) is 3.73. The molecule has 0 spiro atoms. The van der Waals surface area contributed by atoms with E-state index < -0.39 is 0 Å². The number of morpholine rings is 1. The Hall–Kier alpha value is -2.86. The SMILES string of the molecule is O=C(Nc1ccccc1N1CCOCC1)c1ccc(N2CCCCC2=O)cc1. The summed E-state index contributed by atoms with van der Waals surface area (Å²) in [6.45, 7) is 3.76. The highest BCUT2D eigenvalue weighted by molar-refractivity contribution is 6.06. The van der Waals surface area contributed by atoms with Crippen LogP contribution < -0.4 is 15.1 Å². The predicted molar refractivity (Wildman–Crippen MR) is 110 cm³/mol. The van der Waals surface area contributed by atoms with E-state index in [1.54, 1.807) is 17.0 Å². The Morgan fingerprint density at radius 1 is 0.929 bits per heavy atom. The summed E-state index contributed by atoms with van der Waals surface area (Å²) in [5.74, 6) is 0.000111. The number of hydrogen-bond donors (Lipinski definition) is 1. The van der Waals surface area contributed by atoms with E-state index in [4.69, 9.17) is 4.74 Å². The van der Waals surface area contributed by atoms with Gasteiger partial charge in [0.25, 0.3) is 5.91 Å². The number of carbonyl (C=O) groups is 2. The molecule has 0 bridgehead atoms. The highest BCUT2D eigenvalue weighted by Gasteiger charge is 2.20. The first-order valence-electron chi connectivity index (χ1n) is 9.86. The fraction of sp³-hybridized carbons (Fsp3) is 0.364. The van der Waals surface area contributed by atoms with Crippen LogP contribution in [0.3, 0.4) is 0 Å². The van der Waals surface area contributed by atoms with Gasteiger partial charge in [0.2, 0.25) is 5.91 Å². The van der Waals surface area contributed by atoms with Gasteiger partial charge in [-0.3, -0.25) is 9.59 Å². The van der Waals surface area contributed by atoms with Crippen LogP contribution in [-0.2, 0) is 9.53 Å². The largest absolute Gasteiger partial charge is 0.378 e. The lowest BCUT2D eigenvalue weighted by atomic mass is 10.1. The van der Waals surface area contributed by atoms with Crippen LogP contribution in [0.2, 0.25) is 0 Å². The summed E-state index contributed by atoms with van der Waals surface area (Å²) in [5.41, 5.74) is 3.24. The van der Waals surface area contributed by atoms with Gasteiger partial charge in [0.15, 0.2) is 0 Å². The zero-order valence-electron chi connectivity index (χ0n) is 15.9. The van der Waals surface area contributed by atoms with Crippen molar-refractivity contribution < 1.29 is 14.3 Å². The van der Waals surface area contributed by atoms with Crippen LogP contribution in [0, 0.1) is 0 Å². The third-order valence-electron chi connectivity index (χ3n) is 5.27. The van der Waals surface area contributed by atoms with Crippen molar-refractivity contribution in [1.82, 2.24) is 0 Å². The van der Waals surface area contributed by atoms with E-state index in [1.807, 2.05) is 36.4 Å². The minimum absolute atomic E-state index is 0.155. The Bertz CT molecular complexity index is 844. The Morgan fingerprint density at radius 2 is 1.68 bits per heavy atom. The Morgan fingerprint density at radius 3 is 2.43 bits per heavy atom. The topological polar surface area (TPSA) is 61.9 Å². The van der Waals surface area contributed by atoms with Crippen molar-refractivity contribution in [2.75, 3.05) is 48.0 Å². The lowest BCUT2D eigenvalue weighted by Crippen LogP contribution is -2.36. The minimum atomic E-state index is -0.155. The lowest BCUT2D eigenvalue weighted by Gasteiger charge is -2.30. The Labute approximate surface area is 165 Å². The average molecular weight is 379 g/mol. The van der Waals surface area contributed by atoms with Gasteiger partial charge >= 0.3 is 0 Å². The van der Waals surface area contributed by atoms with Crippen LogP contribution in [-0.4, -0.2) is 44.7 Å². The lowest BCUT2D eigenvalue weighted by molar-refractivity contribution is -0.119. The standard InChI is InChI=1S/C22H25N3O3/c26-21-7-3-4-12-25(21)18-10-8-17(9-11-18)22(27)23-19-5-1-2-6-20(19)24-13-15-28-16-14-24/h1-2,5-6,8-11H,3-4,7,12-16H2,(H,23,27). The second-order valence-corrected chi connectivity index (χ2v) is 7.12. The molecule has 0 saturated carbocycles. The molecule has 2 fully saturated rings. The van der Waals surface area contributed by atoms with Crippen molar-refractivity contribution in [3.8, 4) is 0 Å². The van der Waals surface area contributed by atoms with Gasteiger partial charge in [-0.25, -0.2) is 0 Å². The van der Waals surface area contributed by atoms with Gasteiger partial charge < -0.3 is 19.9 Å². The van der Waals surface area contributed by atoms with Crippen molar-refractivity contribution >= 4 is 28.9 Å². The van der Waals surface area contributed by atoms with Crippen LogP contribution in [0.25, 0.3) is 0 Å². The second kappa shape index (κ2) is 8.44. The van der Waals surface area contributed by atoms with Gasteiger partial charge in [-0.15, -0.1) is 0 Å². The summed E-state index contributed by atoms with van der Waals surface area (Å²) in [6, 6.07) is 15.1. The number of nitrogens with zero attached hydrogens (tertiary/aromatic N) is 2. The van der Waals surface area contributed by atoms with E-state index in [0.717, 1.165) is 49.5 Å². The van der Waals surface area contributed by atoms with Gasteiger partial charge in [0, 0.05) is 37.3 Å². The highest BCUT2D eigenvalue weighted by atomic mass is 16.5. The van der Waals surface area contributed by atoms with Crippen LogP contribution in [0.15, 0.2) is 48.5 Å². The van der Waals surface area contributed by atoms with Gasteiger partial charge in [-0.2, -0.15) is 0 Å². The molecule has 0 unspecified atom stereocenters. The molecule has 0 atom stereocenters. The van der Waals surface area contributed by atoms with Crippen molar-refractivity contribution in [1.29, 1.82) is 0 Å². The molecule has 2 amide bonds. The normalized spacial score (nSPS) is 17.5. The van der Waals surface area contributed by atoms with Crippen LogP contribution in [0.1, 0.15) is 29.6 Å². The van der Waals surface area contributed by atoms with Gasteiger partial charge in [0.05, 0.1) is 24.6 Å². The summed E-state index contributed by atoms with van der Waals surface area (Å²) in [4.78, 5) is 28.9. The number of hydrogen-bond acceptors (Lipinski definition) is 4. The molecule has 2 saturated heterocycles. The fourth-order valence-electron chi connectivity index (χ4n) is 3.73. The van der Waals surface area contributed by atoms with Crippen molar-refractivity contribution in [2.24, 2.45) is 0 Å². The van der Waals surface area contributed by atoms with E-state index in [1.165, 1.54) is 0 Å². The number of anilines is 3. The Kier molecular flexibility index (Phi) is 5.58. The summed E-state index contributed by atoms with van der Waals surface area (Å²) in [5, 5.41) is 3.03. The first kappa shape index (κ1) is 18.5. The van der Waals surface area contributed by atoms with Crippen LogP contribution in [0.4, 0.5) is 17.1 Å². The maximum Gasteiger partial charge on any atom is 0.255 e. The van der Waals surface area contributed by atoms with Gasteiger partial charge in [-0.1, -0.05) is 12.1 Å². The molecule has 2 aliphatic rings. The average Bonchev–Trinajstić information content (AvgIpc) is 2.75. The van der Waals surface area contributed by atoms with Crippen LogP contribution >= 0.6 is 0 Å². The molecule has 1 N–H and O–H groups in total. The third-order valence-corrected chi connectivity index (χ3v) is 5.27. The smallest absolute Gasteiger partial charge is 0.255 e. The summed E-state index contributed by atoms with van der Waals surface area (Å²) < 4.78 is 5.42.